The highest BCUT2D eigenvalue weighted by Crippen LogP contribution is 2.11. The molecule has 0 radical (unpaired) electrons. The second-order valence-electron chi connectivity index (χ2n) is 16.4. The van der Waals surface area contributed by atoms with E-state index in [-0.39, 0.29) is 37.5 Å². The van der Waals surface area contributed by atoms with E-state index in [9.17, 15) is 14.4 Å². The molecule has 0 spiro atoms. The van der Waals surface area contributed by atoms with Gasteiger partial charge in [-0.05, 0) is 116 Å². The van der Waals surface area contributed by atoms with Gasteiger partial charge in [-0.3, -0.25) is 14.4 Å². The minimum Gasteiger partial charge on any atom is -0.462 e. The van der Waals surface area contributed by atoms with Crippen LogP contribution in [0.5, 0.6) is 0 Å². The van der Waals surface area contributed by atoms with Crippen LogP contribution in [0, 0.1) is 0 Å². The lowest BCUT2D eigenvalue weighted by Gasteiger charge is -2.18. The van der Waals surface area contributed by atoms with Crippen molar-refractivity contribution in [2.45, 2.75) is 219 Å². The van der Waals surface area contributed by atoms with E-state index in [1.54, 1.807) is 0 Å². The number of rotatable bonds is 44. The second-order valence-corrected chi connectivity index (χ2v) is 16.4. The summed E-state index contributed by atoms with van der Waals surface area (Å²) in [7, 11) is 0. The molecule has 0 bridgehead atoms. The van der Waals surface area contributed by atoms with E-state index < -0.39 is 6.10 Å². The molecule has 0 aromatic carbocycles. The molecule has 0 amide bonds. The number of ether oxygens (including phenoxy) is 3. The molecule has 0 aliphatic carbocycles. The number of hydrogen-bond acceptors (Lipinski definition) is 6. The smallest absolute Gasteiger partial charge is 0.306 e. The molecule has 0 aliphatic heterocycles. The van der Waals surface area contributed by atoms with Gasteiger partial charge in [-0.2, -0.15) is 0 Å². The first-order valence-corrected chi connectivity index (χ1v) is 25.4. The fraction of sp³-hybridized carbons (Fsp3) is 0.632. The van der Waals surface area contributed by atoms with Crippen LogP contribution < -0.4 is 0 Å². The maximum Gasteiger partial charge on any atom is 0.306 e. The molecule has 63 heavy (non-hydrogen) atoms. The average Bonchev–Trinajstić information content (AvgIpc) is 3.28. The zero-order valence-electron chi connectivity index (χ0n) is 40.5. The summed E-state index contributed by atoms with van der Waals surface area (Å²) in [5.41, 5.74) is 0. The lowest BCUT2D eigenvalue weighted by molar-refractivity contribution is -0.166. The van der Waals surface area contributed by atoms with Gasteiger partial charge in [0, 0.05) is 19.3 Å². The van der Waals surface area contributed by atoms with Gasteiger partial charge in [0.25, 0.3) is 0 Å². The SMILES string of the molecule is CCCC/C=C\CCCCCCCC(=O)O[C@H](COC(=O)CC/C=C\C/C=C\C/C=C\C/C=C\C/C=C\CCCCC)COC(=O)CCCC/C=C\C/C=C\C/C=C\CCCCC. The van der Waals surface area contributed by atoms with E-state index in [1.165, 1.54) is 70.6 Å². The van der Waals surface area contributed by atoms with Crippen LogP contribution in [0.2, 0.25) is 0 Å². The highest BCUT2D eigenvalue weighted by atomic mass is 16.6. The summed E-state index contributed by atoms with van der Waals surface area (Å²) in [4.78, 5) is 37.9. The molecule has 0 fully saturated rings. The van der Waals surface area contributed by atoms with Crippen molar-refractivity contribution in [3.8, 4) is 0 Å². The van der Waals surface area contributed by atoms with Crippen LogP contribution >= 0.6 is 0 Å². The van der Waals surface area contributed by atoms with Crippen molar-refractivity contribution in [3.63, 3.8) is 0 Å². The molecule has 0 unspecified atom stereocenters. The number of carbonyl (C=O) groups is 3. The van der Waals surface area contributed by atoms with E-state index in [4.69, 9.17) is 14.2 Å². The molecule has 0 aliphatic rings. The van der Waals surface area contributed by atoms with Crippen LogP contribution in [0.25, 0.3) is 0 Å². The van der Waals surface area contributed by atoms with E-state index in [2.05, 4.69) is 118 Å². The number of allylic oxidation sites excluding steroid dienone is 18. The standard InChI is InChI=1S/C57H92O6/c1-4-7-10-13-16-19-22-24-26-27-28-29-31-33-36-38-41-44-47-50-56(59)62-53-54(63-57(60)51-48-45-42-39-34-21-18-15-12-9-6-3)52-61-55(58)49-46-43-40-37-35-32-30-25-23-20-17-14-11-8-5-2/h15-20,24-26,28-30,33,35-37,41,44,54H,4-14,21-23,27,31-32,34,38-40,42-43,45-53H2,1-3H3/b18-15-,19-16-,20-17-,26-24-,29-28-,30-25-,36-33-,37-35-,44-41-/t54-/m0/s1. The van der Waals surface area contributed by atoms with Crippen LogP contribution in [0.4, 0.5) is 0 Å². The molecule has 0 aromatic rings. The molecule has 0 heterocycles. The Hall–Kier alpha value is -3.93. The van der Waals surface area contributed by atoms with Gasteiger partial charge in [-0.15, -0.1) is 0 Å². The first kappa shape index (κ1) is 59.1. The molecular formula is C57H92O6. The van der Waals surface area contributed by atoms with E-state index in [1.807, 2.05) is 12.2 Å². The fourth-order valence-electron chi connectivity index (χ4n) is 6.35. The topological polar surface area (TPSA) is 78.9 Å². The molecular weight excluding hydrogens is 781 g/mol. The van der Waals surface area contributed by atoms with Crippen molar-refractivity contribution in [2.75, 3.05) is 13.2 Å². The molecule has 1 atom stereocenters. The quantitative estimate of drug-likeness (QED) is 0.0263. The molecule has 356 valence electrons. The van der Waals surface area contributed by atoms with Gasteiger partial charge >= 0.3 is 17.9 Å². The highest BCUT2D eigenvalue weighted by Gasteiger charge is 2.19. The summed E-state index contributed by atoms with van der Waals surface area (Å²) >= 11 is 0. The van der Waals surface area contributed by atoms with Crippen LogP contribution in [0.15, 0.2) is 109 Å². The normalized spacial score (nSPS) is 13.0. The van der Waals surface area contributed by atoms with Crippen LogP contribution in [0.3, 0.4) is 0 Å². The maximum atomic E-state index is 12.7. The zero-order chi connectivity index (χ0) is 45.8. The van der Waals surface area contributed by atoms with E-state index >= 15 is 0 Å². The van der Waals surface area contributed by atoms with Gasteiger partial charge in [-0.1, -0.05) is 188 Å². The van der Waals surface area contributed by atoms with Gasteiger partial charge in [0.15, 0.2) is 6.10 Å². The number of esters is 3. The summed E-state index contributed by atoms with van der Waals surface area (Å²) in [5, 5.41) is 0. The van der Waals surface area contributed by atoms with E-state index in [0.717, 1.165) is 89.9 Å². The Morgan fingerprint density at radius 3 is 1.08 bits per heavy atom. The predicted molar refractivity (Wildman–Crippen MR) is 270 cm³/mol. The van der Waals surface area contributed by atoms with Gasteiger partial charge < -0.3 is 14.2 Å². The van der Waals surface area contributed by atoms with E-state index in [0.29, 0.717) is 25.7 Å². The number of unbranched alkanes of at least 4 members (excludes halogenated alkanes) is 15. The Balaban J connectivity index is 4.55. The molecule has 0 aromatic heterocycles. The first-order chi connectivity index (χ1) is 31.0. The summed E-state index contributed by atoms with van der Waals surface area (Å²) in [6.45, 7) is 6.41. The number of hydrogen-bond donors (Lipinski definition) is 0. The Labute approximate surface area is 387 Å². The Morgan fingerprint density at radius 2 is 0.619 bits per heavy atom. The summed E-state index contributed by atoms with van der Waals surface area (Å²) in [6, 6.07) is 0. The van der Waals surface area contributed by atoms with Gasteiger partial charge in [-0.25, -0.2) is 0 Å². The van der Waals surface area contributed by atoms with Gasteiger partial charge in [0.2, 0.25) is 0 Å². The van der Waals surface area contributed by atoms with Crippen LogP contribution in [-0.2, 0) is 28.6 Å². The van der Waals surface area contributed by atoms with Crippen molar-refractivity contribution in [2.24, 2.45) is 0 Å². The maximum absolute atomic E-state index is 12.7. The van der Waals surface area contributed by atoms with Crippen LogP contribution in [0.1, 0.15) is 213 Å². The minimum absolute atomic E-state index is 0.126. The third-order valence-electron chi connectivity index (χ3n) is 10.2. The monoisotopic (exact) mass is 873 g/mol. The van der Waals surface area contributed by atoms with Crippen molar-refractivity contribution in [1.29, 1.82) is 0 Å². The lowest BCUT2D eigenvalue weighted by Crippen LogP contribution is -2.30. The molecule has 0 saturated carbocycles. The number of carbonyl (C=O) groups excluding carboxylic acids is 3. The molecule has 0 saturated heterocycles. The lowest BCUT2D eigenvalue weighted by atomic mass is 10.1. The van der Waals surface area contributed by atoms with Crippen molar-refractivity contribution in [3.05, 3.63) is 109 Å². The van der Waals surface area contributed by atoms with Crippen LogP contribution in [-0.4, -0.2) is 37.2 Å². The minimum atomic E-state index is -0.828. The highest BCUT2D eigenvalue weighted by molar-refractivity contribution is 5.71. The van der Waals surface area contributed by atoms with Crippen molar-refractivity contribution in [1.82, 2.24) is 0 Å². The molecule has 0 N–H and O–H groups in total. The average molecular weight is 873 g/mol. The van der Waals surface area contributed by atoms with Crippen molar-refractivity contribution >= 4 is 17.9 Å². The molecule has 6 nitrogen and oxygen atoms in total. The van der Waals surface area contributed by atoms with Gasteiger partial charge in [0.1, 0.15) is 13.2 Å². The largest absolute Gasteiger partial charge is 0.462 e. The molecule has 0 rings (SSSR count). The predicted octanol–water partition coefficient (Wildman–Crippen LogP) is 16.8. The zero-order valence-corrected chi connectivity index (χ0v) is 40.5. The Morgan fingerprint density at radius 1 is 0.317 bits per heavy atom. The Kier molecular flexibility index (Phi) is 47.5. The summed E-state index contributed by atoms with van der Waals surface area (Å²) in [5.74, 6) is -1.06. The third kappa shape index (κ3) is 49.0. The summed E-state index contributed by atoms with van der Waals surface area (Å²) in [6.07, 6.45) is 68.0. The third-order valence-corrected chi connectivity index (χ3v) is 10.2. The second kappa shape index (κ2) is 50.7. The summed E-state index contributed by atoms with van der Waals surface area (Å²) < 4.78 is 16.6. The fourth-order valence-corrected chi connectivity index (χ4v) is 6.35. The van der Waals surface area contributed by atoms with Crippen molar-refractivity contribution < 1.29 is 28.6 Å². The first-order valence-electron chi connectivity index (χ1n) is 25.4. The van der Waals surface area contributed by atoms with Gasteiger partial charge in [0.05, 0.1) is 0 Å². The Bertz CT molecular complexity index is 1330. The molecule has 6 heteroatoms.